The van der Waals surface area contributed by atoms with Gasteiger partial charge in [-0.1, -0.05) is 29.3 Å². The van der Waals surface area contributed by atoms with Crippen molar-refractivity contribution in [3.63, 3.8) is 0 Å². The molecule has 1 heterocycles. The van der Waals surface area contributed by atoms with Gasteiger partial charge < -0.3 is 10.6 Å². The third-order valence-electron chi connectivity index (χ3n) is 3.08. The normalized spacial score (nSPS) is 19.4. The van der Waals surface area contributed by atoms with Crippen molar-refractivity contribution in [1.82, 2.24) is 10.2 Å². The van der Waals surface area contributed by atoms with Gasteiger partial charge in [0.2, 0.25) is 5.91 Å². The fraction of sp³-hybridized carbons (Fsp3) is 0.385. The first-order valence-corrected chi connectivity index (χ1v) is 6.95. The molecule has 106 valence electrons. The average molecular weight is 313 g/mol. The van der Waals surface area contributed by atoms with Crippen LogP contribution in [0.25, 0.3) is 0 Å². The summed E-state index contributed by atoms with van der Waals surface area (Å²) < 4.78 is 0. The fourth-order valence-corrected chi connectivity index (χ4v) is 2.39. The van der Waals surface area contributed by atoms with Crippen LogP contribution in [0.15, 0.2) is 18.2 Å². The minimum atomic E-state index is -0.288. The number of hydrogen-bond acceptors (Lipinski definition) is 4. The number of piperazine rings is 1. The lowest BCUT2D eigenvalue weighted by molar-refractivity contribution is -0.117. The first-order chi connectivity index (χ1) is 9.61. The number of nitrogens with zero attached hydrogens (tertiary/aromatic N) is 2. The minimum absolute atomic E-state index is 0.156. The summed E-state index contributed by atoms with van der Waals surface area (Å²) in [6.45, 7) is 2.16. The van der Waals surface area contributed by atoms with Gasteiger partial charge in [0.05, 0.1) is 28.3 Å². The number of nitrogens with one attached hydrogen (secondary N) is 2. The van der Waals surface area contributed by atoms with E-state index in [2.05, 4.69) is 16.7 Å². The second-order valence-corrected chi connectivity index (χ2v) is 5.25. The molecule has 0 radical (unpaired) electrons. The second kappa shape index (κ2) is 6.91. The van der Waals surface area contributed by atoms with Crippen LogP contribution in [0.4, 0.5) is 5.69 Å². The maximum Gasteiger partial charge on any atom is 0.238 e. The van der Waals surface area contributed by atoms with Crippen LogP contribution >= 0.6 is 23.2 Å². The highest BCUT2D eigenvalue weighted by Crippen LogP contribution is 2.29. The number of nitriles is 1. The van der Waals surface area contributed by atoms with Crippen LogP contribution in [-0.2, 0) is 4.79 Å². The SMILES string of the molecule is N#CC1CNCCN1CC(=O)Nc1cccc(Cl)c1Cl. The van der Waals surface area contributed by atoms with Crippen LogP contribution in [0.5, 0.6) is 0 Å². The summed E-state index contributed by atoms with van der Waals surface area (Å²) in [5.41, 5.74) is 0.479. The number of hydrogen-bond donors (Lipinski definition) is 2. The zero-order valence-corrected chi connectivity index (χ0v) is 12.2. The molecule has 1 fully saturated rings. The molecule has 1 aromatic rings. The summed E-state index contributed by atoms with van der Waals surface area (Å²) >= 11 is 11.9. The minimum Gasteiger partial charge on any atom is -0.324 e. The molecule has 2 rings (SSSR count). The number of benzene rings is 1. The van der Waals surface area contributed by atoms with Gasteiger partial charge in [-0.2, -0.15) is 5.26 Å². The second-order valence-electron chi connectivity index (χ2n) is 4.47. The van der Waals surface area contributed by atoms with Crippen molar-refractivity contribution >= 4 is 34.8 Å². The van der Waals surface area contributed by atoms with Crippen LogP contribution in [0.1, 0.15) is 0 Å². The van der Waals surface area contributed by atoms with E-state index in [1.54, 1.807) is 18.2 Å². The molecule has 0 aromatic heterocycles. The van der Waals surface area contributed by atoms with Gasteiger partial charge in [0, 0.05) is 19.6 Å². The lowest BCUT2D eigenvalue weighted by Gasteiger charge is -2.31. The number of amides is 1. The van der Waals surface area contributed by atoms with Gasteiger partial charge in [-0.15, -0.1) is 0 Å². The first-order valence-electron chi connectivity index (χ1n) is 6.20. The van der Waals surface area contributed by atoms with Gasteiger partial charge in [0.15, 0.2) is 0 Å². The van der Waals surface area contributed by atoms with Gasteiger partial charge in [-0.3, -0.25) is 9.69 Å². The topological polar surface area (TPSA) is 68.2 Å². The molecule has 0 aliphatic carbocycles. The Morgan fingerprint density at radius 1 is 1.55 bits per heavy atom. The third-order valence-corrected chi connectivity index (χ3v) is 3.89. The number of carbonyl (C=O) groups is 1. The van der Waals surface area contributed by atoms with Crippen LogP contribution in [-0.4, -0.2) is 43.0 Å². The monoisotopic (exact) mass is 312 g/mol. The molecule has 5 nitrogen and oxygen atoms in total. The molecule has 20 heavy (non-hydrogen) atoms. The molecule has 1 aromatic carbocycles. The highest BCUT2D eigenvalue weighted by atomic mass is 35.5. The Kier molecular flexibility index (Phi) is 5.21. The summed E-state index contributed by atoms with van der Waals surface area (Å²) in [5.74, 6) is -0.212. The zero-order chi connectivity index (χ0) is 14.5. The van der Waals surface area contributed by atoms with Crippen molar-refractivity contribution in [3.8, 4) is 6.07 Å². The van der Waals surface area contributed by atoms with Crippen molar-refractivity contribution in [2.45, 2.75) is 6.04 Å². The van der Waals surface area contributed by atoms with Crippen molar-refractivity contribution in [3.05, 3.63) is 28.2 Å². The average Bonchev–Trinajstić information content (AvgIpc) is 2.44. The van der Waals surface area contributed by atoms with Crippen LogP contribution in [0, 0.1) is 11.3 Å². The summed E-state index contributed by atoms with van der Waals surface area (Å²) in [6, 6.07) is 6.95. The molecule has 2 N–H and O–H groups in total. The van der Waals surface area contributed by atoms with Crippen LogP contribution in [0.3, 0.4) is 0 Å². The van der Waals surface area contributed by atoms with E-state index in [0.29, 0.717) is 28.8 Å². The van der Waals surface area contributed by atoms with Crippen molar-refractivity contribution in [2.24, 2.45) is 0 Å². The largest absolute Gasteiger partial charge is 0.324 e. The predicted molar refractivity (Wildman–Crippen MR) is 78.9 cm³/mol. The molecule has 1 atom stereocenters. The van der Waals surface area contributed by atoms with Gasteiger partial charge in [0.25, 0.3) is 0 Å². The van der Waals surface area contributed by atoms with Crippen molar-refractivity contribution in [2.75, 3.05) is 31.5 Å². The summed E-state index contributed by atoms with van der Waals surface area (Å²) in [6.07, 6.45) is 0. The Morgan fingerprint density at radius 2 is 2.35 bits per heavy atom. The van der Waals surface area contributed by atoms with Gasteiger partial charge in [-0.05, 0) is 12.1 Å². The van der Waals surface area contributed by atoms with Crippen LogP contribution in [0.2, 0.25) is 10.0 Å². The Balaban J connectivity index is 1.98. The smallest absolute Gasteiger partial charge is 0.238 e. The number of anilines is 1. The summed E-state index contributed by atoms with van der Waals surface area (Å²) in [5, 5.41) is 15.6. The van der Waals surface area contributed by atoms with Gasteiger partial charge >= 0.3 is 0 Å². The summed E-state index contributed by atoms with van der Waals surface area (Å²) in [4.78, 5) is 13.9. The highest BCUT2D eigenvalue weighted by molar-refractivity contribution is 6.43. The Bertz CT molecular complexity index is 544. The predicted octanol–water partition coefficient (Wildman–Crippen LogP) is 1.73. The molecular formula is C13H14Cl2N4O. The van der Waals surface area contributed by atoms with Crippen molar-refractivity contribution in [1.29, 1.82) is 5.26 Å². The highest BCUT2D eigenvalue weighted by Gasteiger charge is 2.23. The number of halogens is 2. The molecule has 0 bridgehead atoms. The maximum atomic E-state index is 12.0. The Labute approximate surface area is 127 Å². The quantitative estimate of drug-likeness (QED) is 0.892. The van der Waals surface area contributed by atoms with E-state index in [1.165, 1.54) is 0 Å². The molecule has 1 amide bonds. The summed E-state index contributed by atoms with van der Waals surface area (Å²) in [7, 11) is 0. The lowest BCUT2D eigenvalue weighted by atomic mass is 10.2. The third kappa shape index (κ3) is 3.62. The molecule has 0 saturated carbocycles. The van der Waals surface area contributed by atoms with E-state index in [-0.39, 0.29) is 18.5 Å². The van der Waals surface area contributed by atoms with Gasteiger partial charge in [0.1, 0.15) is 6.04 Å². The molecule has 7 heteroatoms. The van der Waals surface area contributed by atoms with E-state index >= 15 is 0 Å². The number of carbonyl (C=O) groups excluding carboxylic acids is 1. The van der Waals surface area contributed by atoms with E-state index in [4.69, 9.17) is 28.5 Å². The molecule has 1 aliphatic rings. The standard InChI is InChI=1S/C13H14Cl2N4O/c14-10-2-1-3-11(13(10)15)18-12(20)8-19-5-4-17-7-9(19)6-16/h1-3,9,17H,4-5,7-8H2,(H,18,20). The maximum absolute atomic E-state index is 12.0. The van der Waals surface area contributed by atoms with E-state index < -0.39 is 0 Å². The van der Waals surface area contributed by atoms with Crippen LogP contribution < -0.4 is 10.6 Å². The molecular weight excluding hydrogens is 299 g/mol. The van der Waals surface area contributed by atoms with E-state index in [1.807, 2.05) is 4.90 Å². The van der Waals surface area contributed by atoms with E-state index in [0.717, 1.165) is 6.54 Å². The number of rotatable bonds is 3. The lowest BCUT2D eigenvalue weighted by Crippen LogP contribution is -2.52. The fourth-order valence-electron chi connectivity index (χ4n) is 2.04. The molecule has 1 aliphatic heterocycles. The van der Waals surface area contributed by atoms with E-state index in [9.17, 15) is 4.79 Å². The van der Waals surface area contributed by atoms with Crippen molar-refractivity contribution < 1.29 is 4.79 Å². The Morgan fingerprint density at radius 3 is 3.10 bits per heavy atom. The van der Waals surface area contributed by atoms with Gasteiger partial charge in [-0.25, -0.2) is 0 Å². The first kappa shape index (κ1) is 15.1. The molecule has 1 unspecified atom stereocenters. The molecule has 0 spiro atoms. The Hall–Kier alpha value is -1.32. The molecule has 1 saturated heterocycles. The zero-order valence-electron chi connectivity index (χ0n) is 10.7.